The lowest BCUT2D eigenvalue weighted by Crippen LogP contribution is -2.20. The standard InChI is InChI=1S/C20H22N4O2/c1-15-11-19(26-14-16-7-5-4-6-8-16)23-20(22-15)24(2)13-17-9-10-18(25-3)21-12-17/h4-12H,13-14H2,1-3H3. The first-order valence-corrected chi connectivity index (χ1v) is 8.36. The van der Waals surface area contributed by atoms with Crippen molar-refractivity contribution in [2.75, 3.05) is 19.1 Å². The molecule has 0 aliphatic rings. The molecule has 0 aliphatic carbocycles. The van der Waals surface area contributed by atoms with Gasteiger partial charge < -0.3 is 14.4 Å². The van der Waals surface area contributed by atoms with E-state index >= 15 is 0 Å². The van der Waals surface area contributed by atoms with Crippen LogP contribution in [0.5, 0.6) is 11.8 Å². The Morgan fingerprint density at radius 2 is 1.77 bits per heavy atom. The van der Waals surface area contributed by atoms with Crippen LogP contribution in [0.2, 0.25) is 0 Å². The van der Waals surface area contributed by atoms with Crippen molar-refractivity contribution in [1.29, 1.82) is 0 Å². The summed E-state index contributed by atoms with van der Waals surface area (Å²) in [5, 5.41) is 0. The SMILES string of the molecule is COc1ccc(CN(C)c2nc(C)cc(OCc3ccccc3)n2)cn1. The van der Waals surface area contributed by atoms with Crippen molar-refractivity contribution in [1.82, 2.24) is 15.0 Å². The van der Waals surface area contributed by atoms with Gasteiger partial charge in [-0.1, -0.05) is 36.4 Å². The summed E-state index contributed by atoms with van der Waals surface area (Å²) in [6.07, 6.45) is 1.79. The van der Waals surface area contributed by atoms with Crippen LogP contribution in [0, 0.1) is 6.92 Å². The molecule has 0 saturated carbocycles. The van der Waals surface area contributed by atoms with Crippen LogP contribution in [0.25, 0.3) is 0 Å². The maximum absolute atomic E-state index is 5.84. The molecule has 3 aromatic rings. The number of rotatable bonds is 7. The summed E-state index contributed by atoms with van der Waals surface area (Å²) < 4.78 is 10.9. The summed E-state index contributed by atoms with van der Waals surface area (Å²) in [5.41, 5.74) is 3.01. The average Bonchev–Trinajstić information content (AvgIpc) is 2.67. The van der Waals surface area contributed by atoms with Gasteiger partial charge >= 0.3 is 0 Å². The molecule has 2 heterocycles. The second kappa shape index (κ2) is 8.29. The molecule has 6 nitrogen and oxygen atoms in total. The number of hydrogen-bond acceptors (Lipinski definition) is 6. The maximum Gasteiger partial charge on any atom is 0.228 e. The van der Waals surface area contributed by atoms with Gasteiger partial charge in [0.2, 0.25) is 17.7 Å². The van der Waals surface area contributed by atoms with Gasteiger partial charge in [-0.15, -0.1) is 0 Å². The predicted octanol–water partition coefficient (Wildman–Crippen LogP) is 3.40. The molecule has 0 N–H and O–H groups in total. The third kappa shape index (κ3) is 4.69. The first-order valence-electron chi connectivity index (χ1n) is 8.36. The van der Waals surface area contributed by atoms with Crippen LogP contribution in [0.4, 0.5) is 5.95 Å². The van der Waals surface area contributed by atoms with Crippen molar-refractivity contribution in [2.24, 2.45) is 0 Å². The van der Waals surface area contributed by atoms with Crippen molar-refractivity contribution < 1.29 is 9.47 Å². The Morgan fingerprint density at radius 3 is 2.46 bits per heavy atom. The lowest BCUT2D eigenvalue weighted by atomic mass is 10.2. The van der Waals surface area contributed by atoms with Crippen molar-refractivity contribution >= 4 is 5.95 Å². The Balaban J connectivity index is 1.69. The molecule has 0 bridgehead atoms. The number of methoxy groups -OCH3 is 1. The summed E-state index contributed by atoms with van der Waals surface area (Å²) in [7, 11) is 3.55. The Bertz CT molecular complexity index is 838. The van der Waals surface area contributed by atoms with Gasteiger partial charge in [-0.3, -0.25) is 0 Å². The summed E-state index contributed by atoms with van der Waals surface area (Å²) in [5.74, 6) is 1.78. The summed E-state index contributed by atoms with van der Waals surface area (Å²) in [6, 6.07) is 15.7. The molecular formula is C20H22N4O2. The van der Waals surface area contributed by atoms with Gasteiger partial charge in [0, 0.05) is 37.6 Å². The van der Waals surface area contributed by atoms with E-state index in [1.807, 2.05) is 67.4 Å². The number of benzene rings is 1. The number of hydrogen-bond donors (Lipinski definition) is 0. The van der Waals surface area contributed by atoms with E-state index < -0.39 is 0 Å². The molecule has 6 heteroatoms. The normalized spacial score (nSPS) is 10.4. The van der Waals surface area contributed by atoms with Crippen molar-refractivity contribution in [3.05, 3.63) is 71.5 Å². The minimum atomic E-state index is 0.475. The molecule has 1 aromatic carbocycles. The molecule has 26 heavy (non-hydrogen) atoms. The number of aromatic nitrogens is 3. The number of pyridine rings is 1. The van der Waals surface area contributed by atoms with E-state index in [1.54, 1.807) is 13.3 Å². The van der Waals surface area contributed by atoms with Gasteiger partial charge in [0.15, 0.2) is 0 Å². The fourth-order valence-electron chi connectivity index (χ4n) is 2.47. The van der Waals surface area contributed by atoms with Gasteiger partial charge in [0.1, 0.15) is 6.61 Å². The summed E-state index contributed by atoms with van der Waals surface area (Å²) in [6.45, 7) is 3.05. The monoisotopic (exact) mass is 350 g/mol. The molecule has 0 unspecified atom stereocenters. The topological polar surface area (TPSA) is 60.4 Å². The highest BCUT2D eigenvalue weighted by atomic mass is 16.5. The van der Waals surface area contributed by atoms with Crippen molar-refractivity contribution in [3.8, 4) is 11.8 Å². The van der Waals surface area contributed by atoms with E-state index in [-0.39, 0.29) is 0 Å². The molecule has 0 saturated heterocycles. The van der Waals surface area contributed by atoms with E-state index in [4.69, 9.17) is 9.47 Å². The highest BCUT2D eigenvalue weighted by Crippen LogP contribution is 2.18. The molecule has 0 aliphatic heterocycles. The number of ether oxygens (including phenoxy) is 2. The smallest absolute Gasteiger partial charge is 0.228 e. The molecule has 0 amide bonds. The predicted molar refractivity (Wildman–Crippen MR) is 100 cm³/mol. The minimum Gasteiger partial charge on any atom is -0.481 e. The lowest BCUT2D eigenvalue weighted by Gasteiger charge is -2.18. The first-order chi connectivity index (χ1) is 12.6. The third-order valence-electron chi connectivity index (χ3n) is 3.82. The molecule has 134 valence electrons. The third-order valence-corrected chi connectivity index (χ3v) is 3.82. The van der Waals surface area contributed by atoms with Gasteiger partial charge in [-0.25, -0.2) is 9.97 Å². The molecule has 0 fully saturated rings. The molecule has 2 aromatic heterocycles. The van der Waals surface area contributed by atoms with Gasteiger partial charge in [-0.2, -0.15) is 4.98 Å². The van der Waals surface area contributed by atoms with E-state index in [1.165, 1.54) is 0 Å². The van der Waals surface area contributed by atoms with Crippen LogP contribution in [-0.2, 0) is 13.2 Å². The highest BCUT2D eigenvalue weighted by Gasteiger charge is 2.10. The van der Waals surface area contributed by atoms with E-state index in [9.17, 15) is 0 Å². The summed E-state index contributed by atoms with van der Waals surface area (Å²) >= 11 is 0. The number of aryl methyl sites for hydroxylation is 1. The van der Waals surface area contributed by atoms with Gasteiger partial charge in [0.05, 0.1) is 7.11 Å². The van der Waals surface area contributed by atoms with Gasteiger partial charge in [0.25, 0.3) is 0 Å². The lowest BCUT2D eigenvalue weighted by molar-refractivity contribution is 0.293. The largest absolute Gasteiger partial charge is 0.481 e. The zero-order chi connectivity index (χ0) is 18.4. The Morgan fingerprint density at radius 1 is 0.962 bits per heavy atom. The van der Waals surface area contributed by atoms with Crippen molar-refractivity contribution in [3.63, 3.8) is 0 Å². The van der Waals surface area contributed by atoms with Crippen LogP contribution in [-0.4, -0.2) is 29.1 Å². The van der Waals surface area contributed by atoms with E-state index in [0.717, 1.165) is 16.8 Å². The van der Waals surface area contributed by atoms with Crippen LogP contribution in [0.15, 0.2) is 54.7 Å². The quantitative estimate of drug-likeness (QED) is 0.651. The second-order valence-corrected chi connectivity index (χ2v) is 5.99. The molecule has 0 atom stereocenters. The van der Waals surface area contributed by atoms with E-state index in [2.05, 4.69) is 15.0 Å². The zero-order valence-corrected chi connectivity index (χ0v) is 15.2. The Hall–Kier alpha value is -3.15. The van der Waals surface area contributed by atoms with Crippen LogP contribution >= 0.6 is 0 Å². The second-order valence-electron chi connectivity index (χ2n) is 5.99. The number of anilines is 1. The molecule has 0 radical (unpaired) electrons. The fourth-order valence-corrected chi connectivity index (χ4v) is 2.47. The number of nitrogens with zero attached hydrogens (tertiary/aromatic N) is 4. The van der Waals surface area contributed by atoms with Crippen LogP contribution < -0.4 is 14.4 Å². The summed E-state index contributed by atoms with van der Waals surface area (Å²) in [4.78, 5) is 15.2. The first kappa shape index (κ1) is 17.7. The molecule has 0 spiro atoms. The maximum atomic E-state index is 5.84. The average molecular weight is 350 g/mol. The zero-order valence-electron chi connectivity index (χ0n) is 15.2. The van der Waals surface area contributed by atoms with Crippen LogP contribution in [0.1, 0.15) is 16.8 Å². The fraction of sp³-hybridized carbons (Fsp3) is 0.250. The van der Waals surface area contributed by atoms with Crippen LogP contribution in [0.3, 0.4) is 0 Å². The Labute approximate surface area is 153 Å². The Kier molecular flexibility index (Phi) is 5.63. The molecular weight excluding hydrogens is 328 g/mol. The van der Waals surface area contributed by atoms with Crippen molar-refractivity contribution in [2.45, 2.75) is 20.1 Å². The highest BCUT2D eigenvalue weighted by molar-refractivity contribution is 5.35. The molecule has 3 rings (SSSR count). The van der Waals surface area contributed by atoms with E-state index in [0.29, 0.717) is 30.9 Å². The van der Waals surface area contributed by atoms with Gasteiger partial charge in [-0.05, 0) is 18.1 Å². The minimum absolute atomic E-state index is 0.475.